The van der Waals surface area contributed by atoms with E-state index in [-0.39, 0.29) is 17.1 Å². The highest BCUT2D eigenvalue weighted by Crippen LogP contribution is 2.15. The third-order valence-corrected chi connectivity index (χ3v) is 5.55. The van der Waals surface area contributed by atoms with Gasteiger partial charge in [0.25, 0.3) is 0 Å². The number of carbonyl (C=O) groups is 2. The average Bonchev–Trinajstić information content (AvgIpc) is 2.65. The molecule has 1 amide bonds. The number of benzene rings is 2. The van der Waals surface area contributed by atoms with Gasteiger partial charge in [0.05, 0.1) is 22.8 Å². The highest BCUT2D eigenvalue weighted by molar-refractivity contribution is 7.91. The van der Waals surface area contributed by atoms with Crippen LogP contribution in [0.4, 0.5) is 5.69 Å². The van der Waals surface area contributed by atoms with E-state index in [2.05, 4.69) is 5.32 Å². The Morgan fingerprint density at radius 3 is 2.22 bits per heavy atom. The van der Waals surface area contributed by atoms with Crippen LogP contribution in [0.3, 0.4) is 0 Å². The van der Waals surface area contributed by atoms with Crippen LogP contribution in [0.1, 0.15) is 35.7 Å². The molecular formula is C20H23NO5S. The van der Waals surface area contributed by atoms with Crippen molar-refractivity contribution < 1.29 is 22.7 Å². The molecule has 0 heterocycles. The monoisotopic (exact) mass is 389 g/mol. The van der Waals surface area contributed by atoms with Gasteiger partial charge in [-0.1, -0.05) is 24.6 Å². The van der Waals surface area contributed by atoms with Gasteiger partial charge in [0, 0.05) is 12.1 Å². The highest BCUT2D eigenvalue weighted by Gasteiger charge is 2.16. The first-order valence-electron chi connectivity index (χ1n) is 8.68. The molecular weight excluding hydrogens is 366 g/mol. The molecule has 2 rings (SSSR count). The van der Waals surface area contributed by atoms with Crippen LogP contribution in [0.2, 0.25) is 0 Å². The summed E-state index contributed by atoms with van der Waals surface area (Å²) in [6.07, 6.45) is 0.585. The summed E-state index contributed by atoms with van der Waals surface area (Å²) in [7, 11) is -3.51. The molecule has 0 aliphatic heterocycles. The van der Waals surface area contributed by atoms with Gasteiger partial charge in [-0.2, -0.15) is 0 Å². The molecule has 0 aliphatic rings. The number of hydrogen-bond acceptors (Lipinski definition) is 5. The first-order valence-corrected chi connectivity index (χ1v) is 10.3. The summed E-state index contributed by atoms with van der Waals surface area (Å²) >= 11 is 0. The molecule has 0 spiro atoms. The largest absolute Gasteiger partial charge is 0.462 e. The molecule has 0 unspecified atom stereocenters. The minimum atomic E-state index is -3.51. The summed E-state index contributed by atoms with van der Waals surface area (Å²) in [5.74, 6) is -1.10. The van der Waals surface area contributed by atoms with E-state index >= 15 is 0 Å². The predicted molar refractivity (Wildman–Crippen MR) is 103 cm³/mol. The van der Waals surface area contributed by atoms with E-state index < -0.39 is 21.7 Å². The lowest BCUT2D eigenvalue weighted by Gasteiger charge is -2.08. The number of sulfone groups is 1. The third kappa shape index (κ3) is 6.21. The molecule has 27 heavy (non-hydrogen) atoms. The number of hydrogen-bond donors (Lipinski definition) is 1. The molecule has 0 atom stereocenters. The van der Waals surface area contributed by atoms with E-state index in [0.717, 1.165) is 12.0 Å². The molecule has 0 saturated carbocycles. The number of amides is 1. The first kappa shape index (κ1) is 20.6. The van der Waals surface area contributed by atoms with Crippen molar-refractivity contribution in [2.45, 2.75) is 31.6 Å². The summed E-state index contributed by atoms with van der Waals surface area (Å²) in [5.41, 5.74) is 1.84. The zero-order valence-electron chi connectivity index (χ0n) is 15.4. The Kier molecular flexibility index (Phi) is 7.12. The van der Waals surface area contributed by atoms with Crippen LogP contribution in [0, 0.1) is 6.92 Å². The van der Waals surface area contributed by atoms with Crippen molar-refractivity contribution in [1.82, 2.24) is 0 Å². The standard InChI is InChI=1S/C20H23NO5S/c1-3-13-26-20(23)16-6-8-17(9-7-16)21-19(22)12-14-27(24,25)18-10-4-15(2)5-11-18/h4-11H,3,12-14H2,1-2H3,(H,21,22). The number of anilines is 1. The van der Waals surface area contributed by atoms with Crippen LogP contribution in [0.25, 0.3) is 0 Å². The zero-order valence-corrected chi connectivity index (χ0v) is 16.2. The first-order chi connectivity index (χ1) is 12.8. The van der Waals surface area contributed by atoms with E-state index in [1.165, 1.54) is 0 Å². The quantitative estimate of drug-likeness (QED) is 0.699. The van der Waals surface area contributed by atoms with Crippen LogP contribution in [0.5, 0.6) is 0 Å². The fourth-order valence-electron chi connectivity index (χ4n) is 2.28. The number of aryl methyl sites for hydroxylation is 1. The van der Waals surface area contributed by atoms with Gasteiger partial charge < -0.3 is 10.1 Å². The highest BCUT2D eigenvalue weighted by atomic mass is 32.2. The van der Waals surface area contributed by atoms with Crippen molar-refractivity contribution in [2.75, 3.05) is 17.7 Å². The molecule has 0 aliphatic carbocycles. The van der Waals surface area contributed by atoms with Crippen LogP contribution in [-0.2, 0) is 19.4 Å². The lowest BCUT2D eigenvalue weighted by atomic mass is 10.2. The lowest BCUT2D eigenvalue weighted by molar-refractivity contribution is -0.115. The Morgan fingerprint density at radius 1 is 1.00 bits per heavy atom. The van der Waals surface area contributed by atoms with E-state index in [1.54, 1.807) is 48.5 Å². The number of carbonyl (C=O) groups excluding carboxylic acids is 2. The average molecular weight is 389 g/mol. The Bertz CT molecular complexity index is 887. The molecule has 2 aromatic rings. The molecule has 0 bridgehead atoms. The fourth-order valence-corrected chi connectivity index (χ4v) is 3.52. The van der Waals surface area contributed by atoms with E-state index in [4.69, 9.17) is 4.74 Å². The molecule has 6 nitrogen and oxygen atoms in total. The fraction of sp³-hybridized carbons (Fsp3) is 0.300. The third-order valence-electron chi connectivity index (χ3n) is 3.82. The summed E-state index contributed by atoms with van der Waals surface area (Å²) < 4.78 is 29.6. The zero-order chi connectivity index (χ0) is 19.9. The molecule has 0 saturated heterocycles. The second kappa shape index (κ2) is 9.32. The summed E-state index contributed by atoms with van der Waals surface area (Å²) in [4.78, 5) is 24.0. The van der Waals surface area contributed by atoms with E-state index in [1.807, 2.05) is 13.8 Å². The number of rotatable bonds is 8. The van der Waals surface area contributed by atoms with Crippen molar-refractivity contribution in [3.05, 3.63) is 59.7 Å². The molecule has 144 valence electrons. The van der Waals surface area contributed by atoms with Gasteiger partial charge in [0.15, 0.2) is 9.84 Å². The normalized spacial score (nSPS) is 11.0. The lowest BCUT2D eigenvalue weighted by Crippen LogP contribution is -2.17. The van der Waals surface area contributed by atoms with Crippen molar-refractivity contribution >= 4 is 27.4 Å². The molecule has 2 aromatic carbocycles. The second-order valence-corrected chi connectivity index (χ2v) is 8.25. The maximum Gasteiger partial charge on any atom is 0.338 e. The van der Waals surface area contributed by atoms with Crippen LogP contribution in [0.15, 0.2) is 53.4 Å². The van der Waals surface area contributed by atoms with Gasteiger partial charge in [-0.15, -0.1) is 0 Å². The van der Waals surface area contributed by atoms with Gasteiger partial charge in [-0.05, 0) is 49.7 Å². The van der Waals surface area contributed by atoms with Gasteiger partial charge in [-0.3, -0.25) is 4.79 Å². The van der Waals surface area contributed by atoms with Gasteiger partial charge in [0.2, 0.25) is 5.91 Å². The number of ether oxygens (including phenoxy) is 1. The van der Waals surface area contributed by atoms with E-state index in [9.17, 15) is 18.0 Å². The second-order valence-electron chi connectivity index (χ2n) is 6.14. The van der Waals surface area contributed by atoms with Crippen LogP contribution >= 0.6 is 0 Å². The molecule has 0 radical (unpaired) electrons. The Labute approximate surface area is 159 Å². The topological polar surface area (TPSA) is 89.5 Å². The summed E-state index contributed by atoms with van der Waals surface area (Å²) in [5, 5.41) is 2.63. The van der Waals surface area contributed by atoms with Crippen LogP contribution < -0.4 is 5.32 Å². The number of esters is 1. The maximum absolute atomic E-state index is 12.3. The Hall–Kier alpha value is -2.67. The smallest absolute Gasteiger partial charge is 0.338 e. The Morgan fingerprint density at radius 2 is 1.63 bits per heavy atom. The Balaban J connectivity index is 1.90. The summed E-state index contributed by atoms with van der Waals surface area (Å²) in [6.45, 7) is 4.14. The van der Waals surface area contributed by atoms with Gasteiger partial charge in [0.1, 0.15) is 0 Å². The van der Waals surface area contributed by atoms with Gasteiger partial charge in [-0.25, -0.2) is 13.2 Å². The molecule has 0 aromatic heterocycles. The molecule has 1 N–H and O–H groups in total. The van der Waals surface area contributed by atoms with Gasteiger partial charge >= 0.3 is 5.97 Å². The minimum Gasteiger partial charge on any atom is -0.462 e. The summed E-state index contributed by atoms with van der Waals surface area (Å²) in [6, 6.07) is 12.8. The predicted octanol–water partition coefficient (Wildman–Crippen LogP) is 3.36. The van der Waals surface area contributed by atoms with Crippen molar-refractivity contribution in [2.24, 2.45) is 0 Å². The molecule has 0 fully saturated rings. The van der Waals surface area contributed by atoms with Crippen molar-refractivity contribution in [3.8, 4) is 0 Å². The maximum atomic E-state index is 12.3. The minimum absolute atomic E-state index is 0.156. The van der Waals surface area contributed by atoms with E-state index in [0.29, 0.717) is 17.9 Å². The van der Waals surface area contributed by atoms with Crippen LogP contribution in [-0.4, -0.2) is 32.7 Å². The molecule has 7 heteroatoms. The number of nitrogens with one attached hydrogen (secondary N) is 1. The van der Waals surface area contributed by atoms with Crippen molar-refractivity contribution in [3.63, 3.8) is 0 Å². The SMILES string of the molecule is CCCOC(=O)c1ccc(NC(=O)CCS(=O)(=O)c2ccc(C)cc2)cc1. The van der Waals surface area contributed by atoms with Crippen molar-refractivity contribution in [1.29, 1.82) is 0 Å².